The molecule has 0 spiro atoms. The first-order chi connectivity index (χ1) is 5.63. The van der Waals surface area contributed by atoms with Gasteiger partial charge in [0.1, 0.15) is 0 Å². The molecule has 1 rings (SSSR count). The van der Waals surface area contributed by atoms with Gasteiger partial charge in [0.25, 0.3) is 0 Å². The van der Waals surface area contributed by atoms with Crippen LogP contribution < -0.4 is 0 Å². The highest BCUT2D eigenvalue weighted by Gasteiger charge is 2.09. The molecule has 0 amide bonds. The van der Waals surface area contributed by atoms with Crippen LogP contribution in [-0.2, 0) is 0 Å². The maximum absolute atomic E-state index is 4.40. The lowest BCUT2D eigenvalue weighted by molar-refractivity contribution is 0.757. The predicted octanol–water partition coefficient (Wildman–Crippen LogP) is 3.44. The predicted molar refractivity (Wildman–Crippen MR) is 62.8 cm³/mol. The third-order valence-electron chi connectivity index (χ3n) is 2.04. The van der Waals surface area contributed by atoms with Gasteiger partial charge in [0, 0.05) is 11.9 Å². The molecule has 0 aliphatic carbocycles. The molecular weight excluding hydrogens is 178 g/mol. The van der Waals surface area contributed by atoms with Crippen molar-refractivity contribution >= 4 is 13.5 Å². The van der Waals surface area contributed by atoms with Gasteiger partial charge < -0.3 is 0 Å². The molecule has 1 heterocycles. The van der Waals surface area contributed by atoms with Gasteiger partial charge in [-0.1, -0.05) is 33.8 Å². The summed E-state index contributed by atoms with van der Waals surface area (Å²) in [4.78, 5) is 4.40. The first kappa shape index (κ1) is 12.5. The Kier molecular flexibility index (Phi) is 5.07. The Balaban J connectivity index is 0.00000144. The Morgan fingerprint density at radius 2 is 1.69 bits per heavy atom. The van der Waals surface area contributed by atoms with Crippen LogP contribution >= 0.6 is 13.5 Å². The number of nitrogens with zero attached hydrogens (tertiary/aromatic N) is 1. The van der Waals surface area contributed by atoms with Gasteiger partial charge in [-0.05, 0) is 23.5 Å². The van der Waals surface area contributed by atoms with Crippen molar-refractivity contribution in [3.05, 3.63) is 29.6 Å². The van der Waals surface area contributed by atoms with E-state index in [9.17, 15) is 0 Å². The Bertz CT molecular complexity index is 229. The van der Waals surface area contributed by atoms with E-state index >= 15 is 0 Å². The lowest BCUT2D eigenvalue weighted by Crippen LogP contribution is -2.00. The van der Waals surface area contributed by atoms with Gasteiger partial charge in [0.15, 0.2) is 0 Å². The first-order valence-electron chi connectivity index (χ1n) is 4.57. The molecule has 2 heteroatoms. The van der Waals surface area contributed by atoms with Crippen LogP contribution in [0, 0.1) is 0 Å². The minimum absolute atomic E-state index is 0. The molecular formula is C11H19NS. The van der Waals surface area contributed by atoms with Crippen LogP contribution in [-0.4, -0.2) is 4.98 Å². The molecule has 0 aromatic carbocycles. The van der Waals surface area contributed by atoms with Crippen LogP contribution in [0.4, 0.5) is 0 Å². The highest BCUT2D eigenvalue weighted by molar-refractivity contribution is 7.59. The monoisotopic (exact) mass is 197 g/mol. The second-order valence-electron chi connectivity index (χ2n) is 3.79. The molecule has 1 aromatic rings. The summed E-state index contributed by atoms with van der Waals surface area (Å²) in [5, 5.41) is 0. The molecule has 0 N–H and O–H groups in total. The average molecular weight is 197 g/mol. The summed E-state index contributed by atoms with van der Waals surface area (Å²) >= 11 is 0. The molecule has 0 aliphatic heterocycles. The largest absolute Gasteiger partial charge is 0.261 e. The van der Waals surface area contributed by atoms with E-state index in [1.165, 1.54) is 11.3 Å². The molecule has 74 valence electrons. The zero-order valence-corrected chi connectivity index (χ0v) is 9.83. The molecule has 0 saturated heterocycles. The second-order valence-corrected chi connectivity index (χ2v) is 3.79. The van der Waals surface area contributed by atoms with Crippen molar-refractivity contribution in [3.8, 4) is 0 Å². The van der Waals surface area contributed by atoms with Gasteiger partial charge in [-0.25, -0.2) is 0 Å². The van der Waals surface area contributed by atoms with Gasteiger partial charge in [-0.15, -0.1) is 0 Å². The van der Waals surface area contributed by atoms with E-state index in [4.69, 9.17) is 0 Å². The van der Waals surface area contributed by atoms with Crippen molar-refractivity contribution < 1.29 is 0 Å². The number of rotatable bonds is 2. The lowest BCUT2D eigenvalue weighted by atomic mass is 9.96. The summed E-state index contributed by atoms with van der Waals surface area (Å²) < 4.78 is 0. The lowest BCUT2D eigenvalue weighted by Gasteiger charge is -2.13. The quantitative estimate of drug-likeness (QED) is 0.707. The van der Waals surface area contributed by atoms with Gasteiger partial charge in [-0.3, -0.25) is 4.98 Å². The average Bonchev–Trinajstić information content (AvgIpc) is 2.04. The molecule has 1 aromatic heterocycles. The van der Waals surface area contributed by atoms with Crippen LogP contribution in [0.5, 0.6) is 0 Å². The van der Waals surface area contributed by atoms with E-state index in [0.29, 0.717) is 11.8 Å². The van der Waals surface area contributed by atoms with E-state index < -0.39 is 0 Å². The minimum Gasteiger partial charge on any atom is -0.261 e. The van der Waals surface area contributed by atoms with Crippen molar-refractivity contribution in [1.29, 1.82) is 0 Å². The minimum atomic E-state index is 0. The summed E-state index contributed by atoms with van der Waals surface area (Å²) in [7, 11) is 0. The van der Waals surface area contributed by atoms with Gasteiger partial charge in [0.05, 0.1) is 0 Å². The molecule has 0 saturated carbocycles. The molecule has 0 unspecified atom stereocenters. The standard InChI is InChI=1S/C11H17N.H2S/c1-8(2)10-6-5-7-12-11(10)9(3)4;/h5-9H,1-4H3;1H2. The number of hydrogen-bond acceptors (Lipinski definition) is 1. The Morgan fingerprint density at radius 3 is 2.08 bits per heavy atom. The first-order valence-corrected chi connectivity index (χ1v) is 4.57. The van der Waals surface area contributed by atoms with E-state index in [2.05, 4.69) is 38.7 Å². The zero-order chi connectivity index (χ0) is 9.14. The van der Waals surface area contributed by atoms with Gasteiger partial charge in [-0.2, -0.15) is 13.5 Å². The number of pyridine rings is 1. The zero-order valence-electron chi connectivity index (χ0n) is 8.83. The fraction of sp³-hybridized carbons (Fsp3) is 0.545. The molecule has 13 heavy (non-hydrogen) atoms. The summed E-state index contributed by atoms with van der Waals surface area (Å²) in [5.74, 6) is 1.11. The van der Waals surface area contributed by atoms with E-state index in [-0.39, 0.29) is 13.5 Å². The van der Waals surface area contributed by atoms with E-state index in [1.54, 1.807) is 0 Å². The molecule has 0 fully saturated rings. The highest BCUT2D eigenvalue weighted by atomic mass is 32.1. The molecule has 0 radical (unpaired) electrons. The van der Waals surface area contributed by atoms with Gasteiger partial charge >= 0.3 is 0 Å². The van der Waals surface area contributed by atoms with Crippen LogP contribution in [0.25, 0.3) is 0 Å². The normalized spacial score (nSPS) is 10.3. The SMILES string of the molecule is CC(C)c1cccnc1C(C)C.S. The molecule has 1 nitrogen and oxygen atoms in total. The van der Waals surface area contributed by atoms with Crippen molar-refractivity contribution in [2.75, 3.05) is 0 Å². The molecule has 0 atom stereocenters. The third-order valence-corrected chi connectivity index (χ3v) is 2.04. The van der Waals surface area contributed by atoms with Crippen molar-refractivity contribution in [3.63, 3.8) is 0 Å². The summed E-state index contributed by atoms with van der Waals surface area (Å²) in [6, 6.07) is 4.19. The van der Waals surface area contributed by atoms with Crippen LogP contribution in [0.2, 0.25) is 0 Å². The van der Waals surface area contributed by atoms with Crippen molar-refractivity contribution in [1.82, 2.24) is 4.98 Å². The molecule has 0 aliphatic rings. The Labute approximate surface area is 88.0 Å². The van der Waals surface area contributed by atoms with E-state index in [1.807, 2.05) is 12.3 Å². The van der Waals surface area contributed by atoms with Crippen LogP contribution in [0.3, 0.4) is 0 Å². The van der Waals surface area contributed by atoms with Crippen molar-refractivity contribution in [2.24, 2.45) is 0 Å². The number of aromatic nitrogens is 1. The van der Waals surface area contributed by atoms with Crippen molar-refractivity contribution in [2.45, 2.75) is 39.5 Å². The fourth-order valence-electron chi connectivity index (χ4n) is 1.40. The smallest absolute Gasteiger partial charge is 0.0463 e. The van der Waals surface area contributed by atoms with Crippen LogP contribution in [0.15, 0.2) is 18.3 Å². The summed E-state index contributed by atoms with van der Waals surface area (Å²) in [6.07, 6.45) is 1.88. The third kappa shape index (κ3) is 3.03. The topological polar surface area (TPSA) is 12.9 Å². The summed E-state index contributed by atoms with van der Waals surface area (Å²) in [6.45, 7) is 8.80. The number of hydrogen-bond donors (Lipinski definition) is 0. The highest BCUT2D eigenvalue weighted by Crippen LogP contribution is 2.23. The van der Waals surface area contributed by atoms with Gasteiger partial charge in [0.2, 0.25) is 0 Å². The Morgan fingerprint density at radius 1 is 1.08 bits per heavy atom. The molecule has 0 bridgehead atoms. The fourth-order valence-corrected chi connectivity index (χ4v) is 1.40. The van der Waals surface area contributed by atoms with E-state index in [0.717, 1.165) is 0 Å². The maximum atomic E-state index is 4.40. The Hall–Kier alpha value is -0.500. The second kappa shape index (κ2) is 5.28. The maximum Gasteiger partial charge on any atom is 0.0463 e. The summed E-state index contributed by atoms with van der Waals surface area (Å²) in [5.41, 5.74) is 2.63. The van der Waals surface area contributed by atoms with Crippen LogP contribution in [0.1, 0.15) is 50.8 Å².